The number of nitrogens with two attached hydrogens (primary N) is 1. The molecule has 3 nitrogen and oxygen atoms in total. The van der Waals surface area contributed by atoms with Crippen molar-refractivity contribution in [1.82, 2.24) is 0 Å². The zero-order valence-electron chi connectivity index (χ0n) is 12.4. The summed E-state index contributed by atoms with van der Waals surface area (Å²) < 4.78 is 10.9. The lowest BCUT2D eigenvalue weighted by Crippen LogP contribution is -2.34. The molecule has 110 valence electrons. The van der Waals surface area contributed by atoms with E-state index in [1.165, 1.54) is 10.8 Å². The summed E-state index contributed by atoms with van der Waals surface area (Å²) >= 11 is 0. The maximum atomic E-state index is 6.72. The third-order valence-electron chi connectivity index (χ3n) is 4.32. The van der Waals surface area contributed by atoms with Crippen molar-refractivity contribution in [3.05, 3.63) is 71.8 Å². The van der Waals surface area contributed by atoms with Crippen LogP contribution in [0.2, 0.25) is 0 Å². The highest BCUT2D eigenvalue weighted by Gasteiger charge is 2.27. The van der Waals surface area contributed by atoms with Gasteiger partial charge in [-0.25, -0.2) is 0 Å². The molecule has 1 heterocycles. The van der Waals surface area contributed by atoms with Crippen LogP contribution in [0.5, 0.6) is 11.5 Å². The first-order valence-corrected chi connectivity index (χ1v) is 7.33. The molecule has 1 aliphatic heterocycles. The second-order valence-electron chi connectivity index (χ2n) is 5.80. The number of benzene rings is 3. The van der Waals surface area contributed by atoms with Crippen LogP contribution in [0.1, 0.15) is 18.1 Å². The summed E-state index contributed by atoms with van der Waals surface area (Å²) in [5.74, 6) is 1.53. The Bertz CT molecular complexity index is 850. The minimum absolute atomic E-state index is 0.272. The van der Waals surface area contributed by atoms with Crippen LogP contribution in [0.25, 0.3) is 10.8 Å². The standard InChI is InChI=1S/C19H17NO2/c1-19(20,14-9-10-17-18(11-14)22-12-21-17)16-8-4-6-13-5-2-3-7-15(13)16/h2-11H,12,20H2,1H3. The Morgan fingerprint density at radius 3 is 2.59 bits per heavy atom. The first-order valence-electron chi connectivity index (χ1n) is 7.33. The number of hydrogen-bond donors (Lipinski definition) is 1. The van der Waals surface area contributed by atoms with Crippen LogP contribution >= 0.6 is 0 Å². The van der Waals surface area contributed by atoms with E-state index in [1.807, 2.05) is 37.3 Å². The van der Waals surface area contributed by atoms with Crippen LogP contribution < -0.4 is 15.2 Å². The van der Waals surface area contributed by atoms with Crippen molar-refractivity contribution < 1.29 is 9.47 Å². The first-order chi connectivity index (χ1) is 10.7. The van der Waals surface area contributed by atoms with Crippen LogP contribution in [-0.2, 0) is 5.54 Å². The molecule has 1 atom stereocenters. The normalized spacial score (nSPS) is 15.7. The van der Waals surface area contributed by atoms with E-state index in [-0.39, 0.29) is 6.79 Å². The molecular weight excluding hydrogens is 274 g/mol. The molecule has 0 spiro atoms. The van der Waals surface area contributed by atoms with Gasteiger partial charge in [0.1, 0.15) is 0 Å². The maximum absolute atomic E-state index is 6.72. The monoisotopic (exact) mass is 291 g/mol. The zero-order chi connectivity index (χ0) is 15.2. The van der Waals surface area contributed by atoms with Crippen molar-refractivity contribution in [3.63, 3.8) is 0 Å². The van der Waals surface area contributed by atoms with Gasteiger partial charge in [-0.05, 0) is 41.0 Å². The van der Waals surface area contributed by atoms with Gasteiger partial charge in [0.05, 0.1) is 5.54 Å². The van der Waals surface area contributed by atoms with E-state index in [2.05, 4.69) is 30.3 Å². The van der Waals surface area contributed by atoms with E-state index < -0.39 is 5.54 Å². The second-order valence-corrected chi connectivity index (χ2v) is 5.80. The van der Waals surface area contributed by atoms with Gasteiger partial charge in [0.25, 0.3) is 0 Å². The Hall–Kier alpha value is -2.52. The number of hydrogen-bond acceptors (Lipinski definition) is 3. The van der Waals surface area contributed by atoms with Gasteiger partial charge < -0.3 is 15.2 Å². The molecule has 2 N–H and O–H groups in total. The Kier molecular flexibility index (Phi) is 2.84. The van der Waals surface area contributed by atoms with Gasteiger partial charge >= 0.3 is 0 Å². The highest BCUT2D eigenvalue weighted by atomic mass is 16.7. The molecule has 3 aromatic rings. The minimum Gasteiger partial charge on any atom is -0.454 e. The average Bonchev–Trinajstić information content (AvgIpc) is 3.02. The smallest absolute Gasteiger partial charge is 0.231 e. The molecule has 0 radical (unpaired) electrons. The zero-order valence-corrected chi connectivity index (χ0v) is 12.4. The highest BCUT2D eigenvalue weighted by molar-refractivity contribution is 5.87. The average molecular weight is 291 g/mol. The van der Waals surface area contributed by atoms with E-state index in [0.29, 0.717) is 0 Å². The first kappa shape index (κ1) is 13.2. The Morgan fingerprint density at radius 2 is 1.68 bits per heavy atom. The lowest BCUT2D eigenvalue weighted by molar-refractivity contribution is 0.174. The number of fused-ring (bicyclic) bond motifs is 2. The molecule has 1 unspecified atom stereocenters. The van der Waals surface area contributed by atoms with Gasteiger partial charge in [0.2, 0.25) is 6.79 Å². The van der Waals surface area contributed by atoms with Crippen LogP contribution in [0.4, 0.5) is 0 Å². The molecule has 22 heavy (non-hydrogen) atoms. The van der Waals surface area contributed by atoms with Crippen LogP contribution in [-0.4, -0.2) is 6.79 Å². The highest BCUT2D eigenvalue weighted by Crippen LogP contribution is 2.38. The Balaban J connectivity index is 1.89. The third kappa shape index (κ3) is 1.94. The molecule has 4 rings (SSSR count). The topological polar surface area (TPSA) is 44.5 Å². The maximum Gasteiger partial charge on any atom is 0.231 e. The predicted molar refractivity (Wildman–Crippen MR) is 87.2 cm³/mol. The van der Waals surface area contributed by atoms with Gasteiger partial charge in [-0.15, -0.1) is 0 Å². The fourth-order valence-corrected chi connectivity index (χ4v) is 3.05. The van der Waals surface area contributed by atoms with Crippen LogP contribution in [0, 0.1) is 0 Å². The second kappa shape index (κ2) is 4.75. The van der Waals surface area contributed by atoms with Crippen molar-refractivity contribution >= 4 is 10.8 Å². The molecule has 0 aromatic heterocycles. The molecule has 0 fully saturated rings. The van der Waals surface area contributed by atoms with Crippen molar-refractivity contribution in [2.24, 2.45) is 5.73 Å². The summed E-state index contributed by atoms with van der Waals surface area (Å²) in [6.07, 6.45) is 0. The summed E-state index contributed by atoms with van der Waals surface area (Å²) in [4.78, 5) is 0. The largest absolute Gasteiger partial charge is 0.454 e. The predicted octanol–water partition coefficient (Wildman–Crippen LogP) is 3.79. The summed E-state index contributed by atoms with van der Waals surface area (Å²) in [6.45, 7) is 2.31. The Labute approximate surface area is 129 Å². The minimum atomic E-state index is -0.609. The summed E-state index contributed by atoms with van der Waals surface area (Å²) in [5.41, 5.74) is 8.22. The van der Waals surface area contributed by atoms with Crippen molar-refractivity contribution in [3.8, 4) is 11.5 Å². The summed E-state index contributed by atoms with van der Waals surface area (Å²) in [6, 6.07) is 20.5. The fraction of sp³-hybridized carbons (Fsp3) is 0.158. The molecule has 0 saturated carbocycles. The molecule has 0 aliphatic carbocycles. The van der Waals surface area contributed by atoms with Crippen LogP contribution in [0.15, 0.2) is 60.7 Å². The lowest BCUT2D eigenvalue weighted by atomic mass is 9.83. The molecule has 0 bridgehead atoms. The van der Waals surface area contributed by atoms with Gasteiger partial charge in [-0.1, -0.05) is 48.5 Å². The van der Waals surface area contributed by atoms with E-state index in [1.54, 1.807) is 0 Å². The fourth-order valence-electron chi connectivity index (χ4n) is 3.05. The Morgan fingerprint density at radius 1 is 0.909 bits per heavy atom. The van der Waals surface area contributed by atoms with E-state index in [9.17, 15) is 0 Å². The molecule has 3 aromatic carbocycles. The molecule has 0 saturated heterocycles. The van der Waals surface area contributed by atoms with Crippen molar-refractivity contribution in [2.75, 3.05) is 6.79 Å². The quantitative estimate of drug-likeness (QED) is 0.781. The van der Waals surface area contributed by atoms with Crippen molar-refractivity contribution in [2.45, 2.75) is 12.5 Å². The van der Waals surface area contributed by atoms with E-state index in [4.69, 9.17) is 15.2 Å². The van der Waals surface area contributed by atoms with Gasteiger partial charge in [-0.2, -0.15) is 0 Å². The van der Waals surface area contributed by atoms with Crippen LogP contribution in [0.3, 0.4) is 0 Å². The van der Waals surface area contributed by atoms with Crippen molar-refractivity contribution in [1.29, 1.82) is 0 Å². The number of rotatable bonds is 2. The number of ether oxygens (including phenoxy) is 2. The molecule has 1 aliphatic rings. The molecular formula is C19H17NO2. The SMILES string of the molecule is CC(N)(c1ccc2c(c1)OCO2)c1cccc2ccccc12. The van der Waals surface area contributed by atoms with E-state index in [0.717, 1.165) is 22.6 Å². The third-order valence-corrected chi connectivity index (χ3v) is 4.32. The van der Waals surface area contributed by atoms with Gasteiger partial charge in [0.15, 0.2) is 11.5 Å². The molecule has 0 amide bonds. The molecule has 3 heteroatoms. The lowest BCUT2D eigenvalue weighted by Gasteiger charge is -2.27. The summed E-state index contributed by atoms with van der Waals surface area (Å²) in [7, 11) is 0. The van der Waals surface area contributed by atoms with E-state index >= 15 is 0 Å². The van der Waals surface area contributed by atoms with Gasteiger partial charge in [-0.3, -0.25) is 0 Å². The van der Waals surface area contributed by atoms with Gasteiger partial charge in [0, 0.05) is 0 Å². The summed E-state index contributed by atoms with van der Waals surface area (Å²) in [5, 5.41) is 2.37.